The molecule has 0 spiro atoms. The minimum atomic E-state index is -0.291. The Balaban J connectivity index is 2.13. The lowest BCUT2D eigenvalue weighted by atomic mass is 9.93. The van der Waals surface area contributed by atoms with Crippen LogP contribution in [0.4, 0.5) is 4.39 Å². The van der Waals surface area contributed by atoms with Crippen LogP contribution in [0.5, 0.6) is 0 Å². The van der Waals surface area contributed by atoms with Crippen molar-refractivity contribution >= 4 is 17.2 Å². The van der Waals surface area contributed by atoms with Crippen molar-refractivity contribution in [2.75, 3.05) is 20.1 Å². The number of nitrogens with zero attached hydrogens (tertiary/aromatic N) is 2. The Morgan fingerprint density at radius 2 is 2.00 bits per heavy atom. The highest BCUT2D eigenvalue weighted by molar-refractivity contribution is 7.13. The number of halogens is 1. The molecule has 0 atom stereocenters. The summed E-state index contributed by atoms with van der Waals surface area (Å²) in [7, 11) is 1.75. The SMILES string of the molecule is CN(CC(C)(C)CN)C(=O)c1csc(-c2ccc(F)cc2)n1. The van der Waals surface area contributed by atoms with Crippen molar-refractivity contribution in [3.8, 4) is 10.6 Å². The molecule has 0 unspecified atom stereocenters. The number of aromatic nitrogens is 1. The summed E-state index contributed by atoms with van der Waals surface area (Å²) in [5.74, 6) is -0.425. The molecule has 2 N–H and O–H groups in total. The topological polar surface area (TPSA) is 59.2 Å². The first-order valence-electron chi connectivity index (χ1n) is 6.99. The molecule has 0 saturated carbocycles. The molecule has 2 rings (SSSR count). The van der Waals surface area contributed by atoms with E-state index in [1.807, 2.05) is 13.8 Å². The Hall–Kier alpha value is -1.79. The van der Waals surface area contributed by atoms with E-state index >= 15 is 0 Å². The number of amides is 1. The van der Waals surface area contributed by atoms with E-state index in [-0.39, 0.29) is 17.1 Å². The third kappa shape index (κ3) is 3.90. The number of hydrogen-bond acceptors (Lipinski definition) is 4. The molecule has 118 valence electrons. The number of benzene rings is 1. The third-order valence-corrected chi connectivity index (χ3v) is 4.27. The van der Waals surface area contributed by atoms with Gasteiger partial charge < -0.3 is 10.6 Å². The quantitative estimate of drug-likeness (QED) is 0.921. The highest BCUT2D eigenvalue weighted by Gasteiger charge is 2.23. The molecule has 0 aliphatic carbocycles. The highest BCUT2D eigenvalue weighted by atomic mass is 32.1. The summed E-state index contributed by atoms with van der Waals surface area (Å²) >= 11 is 1.37. The van der Waals surface area contributed by atoms with E-state index < -0.39 is 0 Å². The highest BCUT2D eigenvalue weighted by Crippen LogP contribution is 2.25. The van der Waals surface area contributed by atoms with Crippen LogP contribution in [-0.4, -0.2) is 35.9 Å². The van der Waals surface area contributed by atoms with Crippen LogP contribution in [0, 0.1) is 11.2 Å². The first-order chi connectivity index (χ1) is 10.3. The molecule has 0 saturated heterocycles. The Bertz CT molecular complexity index is 652. The van der Waals surface area contributed by atoms with Gasteiger partial charge in [-0.3, -0.25) is 4.79 Å². The van der Waals surface area contributed by atoms with E-state index in [2.05, 4.69) is 4.98 Å². The Morgan fingerprint density at radius 1 is 1.36 bits per heavy atom. The predicted octanol–water partition coefficient (Wildman–Crippen LogP) is 3.01. The van der Waals surface area contributed by atoms with E-state index in [1.54, 1.807) is 29.5 Å². The zero-order valence-corrected chi connectivity index (χ0v) is 13.8. The van der Waals surface area contributed by atoms with E-state index in [9.17, 15) is 9.18 Å². The van der Waals surface area contributed by atoms with Crippen molar-refractivity contribution in [3.05, 3.63) is 41.2 Å². The zero-order chi connectivity index (χ0) is 16.3. The Labute approximate surface area is 133 Å². The van der Waals surface area contributed by atoms with Crippen LogP contribution >= 0.6 is 11.3 Å². The number of nitrogens with two attached hydrogens (primary N) is 1. The van der Waals surface area contributed by atoms with Crippen LogP contribution in [-0.2, 0) is 0 Å². The number of hydrogen-bond donors (Lipinski definition) is 1. The van der Waals surface area contributed by atoms with Gasteiger partial charge in [-0.2, -0.15) is 0 Å². The van der Waals surface area contributed by atoms with Crippen LogP contribution in [0.1, 0.15) is 24.3 Å². The molecule has 1 amide bonds. The molecule has 2 aromatic rings. The van der Waals surface area contributed by atoms with E-state index in [4.69, 9.17) is 5.73 Å². The fourth-order valence-corrected chi connectivity index (χ4v) is 2.87. The van der Waals surface area contributed by atoms with E-state index in [1.165, 1.54) is 23.5 Å². The first kappa shape index (κ1) is 16.6. The van der Waals surface area contributed by atoms with Gasteiger partial charge in [0.1, 0.15) is 16.5 Å². The number of rotatable bonds is 5. The van der Waals surface area contributed by atoms with Gasteiger partial charge in [0.05, 0.1) is 0 Å². The fourth-order valence-electron chi connectivity index (χ4n) is 2.07. The van der Waals surface area contributed by atoms with Crippen LogP contribution in [0.15, 0.2) is 29.6 Å². The van der Waals surface area contributed by atoms with Gasteiger partial charge in [-0.1, -0.05) is 13.8 Å². The first-order valence-corrected chi connectivity index (χ1v) is 7.87. The normalized spacial score (nSPS) is 11.5. The fraction of sp³-hybridized carbons (Fsp3) is 0.375. The summed E-state index contributed by atoms with van der Waals surface area (Å²) in [6, 6.07) is 6.08. The molecule has 0 bridgehead atoms. The molecule has 0 radical (unpaired) electrons. The minimum absolute atomic E-state index is 0.133. The molecule has 22 heavy (non-hydrogen) atoms. The van der Waals surface area contributed by atoms with Crippen molar-refractivity contribution in [1.82, 2.24) is 9.88 Å². The summed E-state index contributed by atoms with van der Waals surface area (Å²) < 4.78 is 12.9. The lowest BCUT2D eigenvalue weighted by molar-refractivity contribution is 0.0735. The summed E-state index contributed by atoms with van der Waals surface area (Å²) in [6.07, 6.45) is 0. The average molecular weight is 321 g/mol. The van der Waals surface area contributed by atoms with Crippen LogP contribution < -0.4 is 5.73 Å². The summed E-state index contributed by atoms with van der Waals surface area (Å²) in [5.41, 5.74) is 6.77. The van der Waals surface area contributed by atoms with Crippen molar-refractivity contribution in [1.29, 1.82) is 0 Å². The maximum atomic E-state index is 12.9. The number of carbonyl (C=O) groups is 1. The van der Waals surface area contributed by atoms with Gasteiger partial charge in [-0.25, -0.2) is 9.37 Å². The van der Waals surface area contributed by atoms with Gasteiger partial charge in [0.15, 0.2) is 0 Å². The minimum Gasteiger partial charge on any atom is -0.340 e. The van der Waals surface area contributed by atoms with Gasteiger partial charge in [0.25, 0.3) is 5.91 Å². The van der Waals surface area contributed by atoms with Gasteiger partial charge >= 0.3 is 0 Å². The van der Waals surface area contributed by atoms with Crippen molar-refractivity contribution in [2.24, 2.45) is 11.1 Å². The van der Waals surface area contributed by atoms with Crippen molar-refractivity contribution in [3.63, 3.8) is 0 Å². The van der Waals surface area contributed by atoms with Crippen molar-refractivity contribution < 1.29 is 9.18 Å². The second-order valence-corrected chi connectivity index (χ2v) is 6.93. The van der Waals surface area contributed by atoms with Crippen LogP contribution in [0.2, 0.25) is 0 Å². The van der Waals surface area contributed by atoms with Crippen LogP contribution in [0.25, 0.3) is 10.6 Å². The smallest absolute Gasteiger partial charge is 0.273 e. The standard InChI is InChI=1S/C16H20FN3OS/c1-16(2,9-18)10-20(3)15(21)13-8-22-14(19-13)11-4-6-12(17)7-5-11/h4-8H,9-10,18H2,1-3H3. The van der Waals surface area contributed by atoms with Gasteiger partial charge in [0.2, 0.25) is 0 Å². The third-order valence-electron chi connectivity index (χ3n) is 3.38. The maximum Gasteiger partial charge on any atom is 0.273 e. The summed E-state index contributed by atoms with van der Waals surface area (Å²) in [5, 5.41) is 2.43. The summed E-state index contributed by atoms with van der Waals surface area (Å²) in [4.78, 5) is 18.4. The number of thiazole rings is 1. The predicted molar refractivity (Wildman–Crippen MR) is 87.3 cm³/mol. The molecule has 1 aromatic heterocycles. The zero-order valence-electron chi connectivity index (χ0n) is 13.0. The molecule has 0 fully saturated rings. The van der Waals surface area contributed by atoms with Gasteiger partial charge in [-0.05, 0) is 36.2 Å². The largest absolute Gasteiger partial charge is 0.340 e. The Morgan fingerprint density at radius 3 is 2.59 bits per heavy atom. The molecule has 1 heterocycles. The monoisotopic (exact) mass is 321 g/mol. The Kier molecular flexibility index (Phi) is 4.93. The second-order valence-electron chi connectivity index (χ2n) is 6.07. The van der Waals surface area contributed by atoms with E-state index in [0.717, 1.165) is 5.56 Å². The molecule has 4 nitrogen and oxygen atoms in total. The summed E-state index contributed by atoms with van der Waals surface area (Å²) in [6.45, 7) is 5.10. The maximum absolute atomic E-state index is 12.9. The molecule has 0 aliphatic heterocycles. The molecular formula is C16H20FN3OS. The number of carbonyl (C=O) groups excluding carboxylic acids is 1. The molecule has 1 aromatic carbocycles. The van der Waals surface area contributed by atoms with E-state index in [0.29, 0.717) is 23.8 Å². The van der Waals surface area contributed by atoms with Gasteiger partial charge in [0, 0.05) is 24.5 Å². The molecule has 6 heteroatoms. The average Bonchev–Trinajstić information content (AvgIpc) is 2.96. The second kappa shape index (κ2) is 6.54. The van der Waals surface area contributed by atoms with Crippen LogP contribution in [0.3, 0.4) is 0 Å². The lowest BCUT2D eigenvalue weighted by Gasteiger charge is -2.28. The lowest BCUT2D eigenvalue weighted by Crippen LogP contribution is -2.39. The molecular weight excluding hydrogens is 301 g/mol. The van der Waals surface area contributed by atoms with Crippen molar-refractivity contribution in [2.45, 2.75) is 13.8 Å². The molecule has 0 aliphatic rings. The van der Waals surface area contributed by atoms with Gasteiger partial charge in [-0.15, -0.1) is 11.3 Å².